The fraction of sp³-hybridized carbons (Fsp3) is 0.769. The predicted molar refractivity (Wildman–Crippen MR) is 68.8 cm³/mol. The molecule has 0 aromatic carbocycles. The molecule has 0 bridgehead atoms. The third kappa shape index (κ3) is 6.20. The molecule has 0 aromatic rings. The van der Waals surface area contributed by atoms with E-state index in [2.05, 4.69) is 10.1 Å². The second-order valence-corrected chi connectivity index (χ2v) is 4.99. The number of ether oxygens (including phenoxy) is 1. The van der Waals surface area contributed by atoms with E-state index in [4.69, 9.17) is 5.26 Å². The molecule has 0 aromatic heterocycles. The van der Waals surface area contributed by atoms with Crippen molar-refractivity contribution in [1.29, 1.82) is 5.26 Å². The first kappa shape index (κ1) is 17.4. The van der Waals surface area contributed by atoms with Crippen LogP contribution in [0, 0.1) is 23.2 Å². The maximum atomic E-state index is 11.8. The van der Waals surface area contributed by atoms with Crippen LogP contribution in [0.1, 0.15) is 33.6 Å². The average Bonchev–Trinajstić information content (AvgIpc) is 2.33. The van der Waals surface area contributed by atoms with Crippen molar-refractivity contribution >= 4 is 11.9 Å². The van der Waals surface area contributed by atoms with Gasteiger partial charge in [-0.25, -0.2) is 4.79 Å². The number of amides is 1. The van der Waals surface area contributed by atoms with Crippen LogP contribution in [-0.4, -0.2) is 36.2 Å². The van der Waals surface area contributed by atoms with Crippen molar-refractivity contribution in [3.8, 4) is 6.07 Å². The molecule has 0 radical (unpaired) electrons. The van der Waals surface area contributed by atoms with Gasteiger partial charge in [0, 0.05) is 12.3 Å². The van der Waals surface area contributed by atoms with Crippen LogP contribution < -0.4 is 5.32 Å². The monoisotopic (exact) mass is 270 g/mol. The van der Waals surface area contributed by atoms with Gasteiger partial charge in [0.05, 0.1) is 13.2 Å². The molecule has 0 spiro atoms. The smallest absolute Gasteiger partial charge is 0.328 e. The highest BCUT2D eigenvalue weighted by Gasteiger charge is 2.29. The van der Waals surface area contributed by atoms with Crippen molar-refractivity contribution in [3.05, 3.63) is 0 Å². The summed E-state index contributed by atoms with van der Waals surface area (Å²) in [7, 11) is 1.21. The zero-order valence-corrected chi connectivity index (χ0v) is 11.8. The van der Waals surface area contributed by atoms with Crippen LogP contribution in [0.25, 0.3) is 0 Å². The van der Waals surface area contributed by atoms with E-state index in [0.29, 0.717) is 6.42 Å². The summed E-state index contributed by atoms with van der Waals surface area (Å²) in [5.74, 6) is -1.46. The molecule has 19 heavy (non-hydrogen) atoms. The minimum absolute atomic E-state index is 0.111. The third-order valence-corrected chi connectivity index (χ3v) is 2.73. The summed E-state index contributed by atoms with van der Waals surface area (Å²) in [5.41, 5.74) is 0. The van der Waals surface area contributed by atoms with E-state index in [9.17, 15) is 14.7 Å². The highest BCUT2D eigenvalue weighted by atomic mass is 16.5. The third-order valence-electron chi connectivity index (χ3n) is 2.73. The van der Waals surface area contributed by atoms with Gasteiger partial charge in [-0.1, -0.05) is 20.8 Å². The molecule has 0 aliphatic heterocycles. The van der Waals surface area contributed by atoms with Gasteiger partial charge in [-0.3, -0.25) is 4.79 Å². The van der Waals surface area contributed by atoms with Gasteiger partial charge in [0.1, 0.15) is 12.1 Å². The molecule has 0 saturated carbocycles. The number of carbonyl (C=O) groups excluding carboxylic acids is 2. The van der Waals surface area contributed by atoms with Crippen LogP contribution >= 0.6 is 0 Å². The van der Waals surface area contributed by atoms with E-state index >= 15 is 0 Å². The lowest BCUT2D eigenvalue weighted by atomic mass is 9.98. The summed E-state index contributed by atoms with van der Waals surface area (Å²) in [4.78, 5) is 23.3. The van der Waals surface area contributed by atoms with Crippen LogP contribution in [0.15, 0.2) is 0 Å². The number of nitrogens with one attached hydrogen (secondary N) is 1. The largest absolute Gasteiger partial charge is 0.467 e. The summed E-state index contributed by atoms with van der Waals surface area (Å²) in [5, 5.41) is 20.8. The Morgan fingerprint density at radius 3 is 2.37 bits per heavy atom. The summed E-state index contributed by atoms with van der Waals surface area (Å²) >= 11 is 0. The molecule has 0 aliphatic rings. The topological polar surface area (TPSA) is 99.4 Å². The first-order chi connectivity index (χ1) is 8.83. The standard InChI is InChI=1S/C13H22N2O4/c1-8(2)7-10(16)12(17)15-11(13(18)19-4)9(3)5-6-14/h8-11,16H,5,7H2,1-4H3,(H,15,17)/t9-,10-,11+/m0/s1. The Balaban J connectivity index is 4.69. The molecule has 1 amide bonds. The lowest BCUT2D eigenvalue weighted by Crippen LogP contribution is -2.49. The first-order valence-electron chi connectivity index (χ1n) is 6.26. The number of nitriles is 1. The Morgan fingerprint density at radius 1 is 1.37 bits per heavy atom. The number of hydrogen-bond donors (Lipinski definition) is 2. The fourth-order valence-electron chi connectivity index (χ4n) is 1.63. The van der Waals surface area contributed by atoms with Gasteiger partial charge in [-0.2, -0.15) is 5.26 Å². The van der Waals surface area contributed by atoms with E-state index in [-0.39, 0.29) is 18.3 Å². The number of aliphatic hydroxyl groups excluding tert-OH is 1. The molecule has 0 saturated heterocycles. The molecule has 108 valence electrons. The first-order valence-corrected chi connectivity index (χ1v) is 6.26. The minimum atomic E-state index is -1.17. The van der Waals surface area contributed by atoms with Gasteiger partial charge < -0.3 is 15.2 Å². The molecule has 6 nitrogen and oxygen atoms in total. The number of hydrogen-bond acceptors (Lipinski definition) is 5. The van der Waals surface area contributed by atoms with Gasteiger partial charge in [-0.15, -0.1) is 0 Å². The lowest BCUT2D eigenvalue weighted by molar-refractivity contribution is -0.147. The van der Waals surface area contributed by atoms with Gasteiger partial charge in [0.2, 0.25) is 5.91 Å². The van der Waals surface area contributed by atoms with Crippen molar-refractivity contribution in [2.24, 2.45) is 11.8 Å². The zero-order valence-electron chi connectivity index (χ0n) is 11.8. The molecular formula is C13H22N2O4. The molecule has 0 unspecified atom stereocenters. The van der Waals surface area contributed by atoms with Gasteiger partial charge in [0.25, 0.3) is 0 Å². The number of esters is 1. The van der Waals surface area contributed by atoms with Gasteiger partial charge in [0.15, 0.2) is 0 Å². The summed E-state index contributed by atoms with van der Waals surface area (Å²) in [6.45, 7) is 5.43. The number of rotatable bonds is 7. The SMILES string of the molecule is COC(=O)[C@H](NC(=O)[C@@H](O)CC(C)C)[C@@H](C)CC#N. The zero-order chi connectivity index (χ0) is 15.0. The van der Waals surface area contributed by atoms with E-state index in [0.717, 1.165) is 0 Å². The highest BCUT2D eigenvalue weighted by Crippen LogP contribution is 2.11. The van der Waals surface area contributed by atoms with Crippen molar-refractivity contribution in [1.82, 2.24) is 5.32 Å². The van der Waals surface area contributed by atoms with E-state index < -0.39 is 24.0 Å². The van der Waals surface area contributed by atoms with E-state index in [1.807, 2.05) is 19.9 Å². The van der Waals surface area contributed by atoms with Crippen LogP contribution in [0.5, 0.6) is 0 Å². The Bertz CT molecular complexity index is 349. The van der Waals surface area contributed by atoms with Crippen molar-refractivity contribution in [2.75, 3.05) is 7.11 Å². The van der Waals surface area contributed by atoms with Crippen LogP contribution in [0.4, 0.5) is 0 Å². The average molecular weight is 270 g/mol. The summed E-state index contributed by atoms with van der Waals surface area (Å²) < 4.78 is 4.60. The van der Waals surface area contributed by atoms with E-state index in [1.54, 1.807) is 6.92 Å². The Labute approximate surface area is 113 Å². The second-order valence-electron chi connectivity index (χ2n) is 4.99. The molecule has 0 aliphatic carbocycles. The molecule has 6 heteroatoms. The maximum absolute atomic E-state index is 11.8. The van der Waals surface area contributed by atoms with Crippen molar-refractivity contribution < 1.29 is 19.4 Å². The minimum Gasteiger partial charge on any atom is -0.467 e. The summed E-state index contributed by atoms with van der Waals surface area (Å²) in [6.07, 6.45) is -0.742. The number of methoxy groups -OCH3 is 1. The Hall–Kier alpha value is -1.61. The molecule has 0 rings (SSSR count). The van der Waals surface area contributed by atoms with Crippen LogP contribution in [-0.2, 0) is 14.3 Å². The number of carbonyl (C=O) groups is 2. The molecule has 0 fully saturated rings. The van der Waals surface area contributed by atoms with E-state index in [1.165, 1.54) is 7.11 Å². The molecule has 2 N–H and O–H groups in total. The van der Waals surface area contributed by atoms with Gasteiger partial charge in [-0.05, 0) is 12.3 Å². The number of nitrogens with zero attached hydrogens (tertiary/aromatic N) is 1. The van der Waals surface area contributed by atoms with Crippen LogP contribution in [0.3, 0.4) is 0 Å². The quantitative estimate of drug-likeness (QED) is 0.660. The summed E-state index contributed by atoms with van der Waals surface area (Å²) in [6, 6.07) is 1.02. The van der Waals surface area contributed by atoms with Crippen LogP contribution in [0.2, 0.25) is 0 Å². The molecule has 0 heterocycles. The van der Waals surface area contributed by atoms with Gasteiger partial charge >= 0.3 is 5.97 Å². The second kappa shape index (κ2) is 8.48. The maximum Gasteiger partial charge on any atom is 0.328 e. The number of aliphatic hydroxyl groups is 1. The van der Waals surface area contributed by atoms with Crippen molar-refractivity contribution in [3.63, 3.8) is 0 Å². The lowest BCUT2D eigenvalue weighted by Gasteiger charge is -2.23. The fourth-order valence-corrected chi connectivity index (χ4v) is 1.63. The Kier molecular flexibility index (Phi) is 7.77. The normalized spacial score (nSPS) is 15.2. The predicted octanol–water partition coefficient (Wildman–Crippen LogP) is 0.601. The Morgan fingerprint density at radius 2 is 1.95 bits per heavy atom. The molecule has 3 atom stereocenters. The van der Waals surface area contributed by atoms with Crippen molar-refractivity contribution in [2.45, 2.75) is 45.8 Å². The molecular weight excluding hydrogens is 248 g/mol. The highest BCUT2D eigenvalue weighted by molar-refractivity contribution is 5.86.